The summed E-state index contributed by atoms with van der Waals surface area (Å²) in [6.45, 7) is 1.98. The fraction of sp³-hybridized carbons (Fsp3) is 0.875. The second-order valence-corrected chi connectivity index (χ2v) is 3.07. The molecule has 1 heterocycles. The average Bonchev–Trinajstić information content (AvgIpc) is 2.09. The van der Waals surface area contributed by atoms with Crippen LogP contribution in [0.3, 0.4) is 0 Å². The summed E-state index contributed by atoms with van der Waals surface area (Å²) in [4.78, 5) is 12.9. The second-order valence-electron chi connectivity index (χ2n) is 3.07. The fourth-order valence-corrected chi connectivity index (χ4v) is 1.29. The van der Waals surface area contributed by atoms with Crippen LogP contribution in [0.5, 0.6) is 0 Å². The molecule has 0 atom stereocenters. The Morgan fingerprint density at radius 1 is 1.42 bits per heavy atom. The second kappa shape index (κ2) is 4.30. The van der Waals surface area contributed by atoms with Gasteiger partial charge in [0.15, 0.2) is 0 Å². The molecule has 0 spiro atoms. The van der Waals surface area contributed by atoms with E-state index in [2.05, 4.69) is 16.7 Å². The van der Waals surface area contributed by atoms with Gasteiger partial charge in [-0.1, -0.05) is 0 Å². The minimum atomic E-state index is -0.565. The van der Waals surface area contributed by atoms with E-state index in [4.69, 9.17) is 4.74 Å². The first-order valence-corrected chi connectivity index (χ1v) is 4.15. The molecule has 0 radical (unpaired) electrons. The molecule has 1 rings (SSSR count). The van der Waals surface area contributed by atoms with Crippen molar-refractivity contribution in [2.24, 2.45) is 0 Å². The molecule has 0 aromatic carbocycles. The number of likely N-dealkylation sites (tertiary alicyclic amines) is 1. The van der Waals surface area contributed by atoms with E-state index in [9.17, 15) is 4.79 Å². The third-order valence-electron chi connectivity index (χ3n) is 2.10. The van der Waals surface area contributed by atoms with Crippen molar-refractivity contribution in [3.8, 4) is 0 Å². The molecule has 0 N–H and O–H groups in total. The van der Waals surface area contributed by atoms with Gasteiger partial charge in [0.25, 0.3) is 0 Å². The van der Waals surface area contributed by atoms with Crippen LogP contribution in [0.4, 0.5) is 4.79 Å². The maximum atomic E-state index is 10.7. The summed E-state index contributed by atoms with van der Waals surface area (Å²) < 4.78 is 9.41. The van der Waals surface area contributed by atoms with Crippen LogP contribution in [-0.2, 0) is 9.47 Å². The molecular weight excluding hydrogens is 158 g/mol. The first kappa shape index (κ1) is 9.32. The average molecular weight is 173 g/mol. The predicted octanol–water partition coefficient (Wildman–Crippen LogP) is 0.864. The highest BCUT2D eigenvalue weighted by atomic mass is 16.7. The molecule has 0 unspecified atom stereocenters. The fourth-order valence-electron chi connectivity index (χ4n) is 1.29. The third-order valence-corrected chi connectivity index (χ3v) is 2.10. The highest BCUT2D eigenvalue weighted by Crippen LogP contribution is 2.12. The standard InChI is InChI=1S/C8H15NO3/c1-9-5-3-7(4-6-9)12-8(10)11-2/h7H,3-6H2,1-2H3. The molecule has 0 aromatic rings. The number of rotatable bonds is 1. The van der Waals surface area contributed by atoms with E-state index in [0.29, 0.717) is 0 Å². The van der Waals surface area contributed by atoms with Gasteiger partial charge < -0.3 is 14.4 Å². The lowest BCUT2D eigenvalue weighted by Crippen LogP contribution is -2.35. The lowest BCUT2D eigenvalue weighted by molar-refractivity contribution is 0.0130. The zero-order valence-electron chi connectivity index (χ0n) is 7.58. The summed E-state index contributed by atoms with van der Waals surface area (Å²) >= 11 is 0. The minimum absolute atomic E-state index is 0.0497. The molecule has 1 saturated heterocycles. The number of methoxy groups -OCH3 is 1. The van der Waals surface area contributed by atoms with Gasteiger partial charge in [-0.15, -0.1) is 0 Å². The van der Waals surface area contributed by atoms with Gasteiger partial charge in [0.1, 0.15) is 6.10 Å². The first-order valence-electron chi connectivity index (χ1n) is 4.15. The Labute approximate surface area is 72.4 Å². The van der Waals surface area contributed by atoms with E-state index < -0.39 is 6.16 Å². The number of ether oxygens (including phenoxy) is 2. The highest BCUT2D eigenvalue weighted by Gasteiger charge is 2.20. The largest absolute Gasteiger partial charge is 0.508 e. The smallest absolute Gasteiger partial charge is 0.438 e. The maximum Gasteiger partial charge on any atom is 0.508 e. The van der Waals surface area contributed by atoms with Crippen LogP contribution in [0, 0.1) is 0 Å². The Bertz CT molecular complexity index is 152. The maximum absolute atomic E-state index is 10.7. The molecule has 1 aliphatic heterocycles. The van der Waals surface area contributed by atoms with Gasteiger partial charge in [-0.05, 0) is 19.9 Å². The molecule has 1 aliphatic rings. The van der Waals surface area contributed by atoms with Gasteiger partial charge in [-0.25, -0.2) is 4.79 Å². The van der Waals surface area contributed by atoms with Crippen molar-refractivity contribution in [1.82, 2.24) is 4.90 Å². The summed E-state index contributed by atoms with van der Waals surface area (Å²) in [6.07, 6.45) is 1.30. The molecule has 4 heteroatoms. The molecule has 0 amide bonds. The summed E-state index contributed by atoms with van der Waals surface area (Å²) in [7, 11) is 3.39. The quantitative estimate of drug-likeness (QED) is 0.551. The van der Waals surface area contributed by atoms with Crippen LogP contribution in [0.15, 0.2) is 0 Å². The summed E-state index contributed by atoms with van der Waals surface area (Å²) in [5, 5.41) is 0. The highest BCUT2D eigenvalue weighted by molar-refractivity contribution is 5.59. The van der Waals surface area contributed by atoms with Crippen LogP contribution in [-0.4, -0.2) is 44.4 Å². The van der Waals surface area contributed by atoms with Crippen molar-refractivity contribution < 1.29 is 14.3 Å². The summed E-state index contributed by atoms with van der Waals surface area (Å²) in [5.41, 5.74) is 0. The SMILES string of the molecule is COC(=O)OC1CCN(C)CC1. The van der Waals surface area contributed by atoms with E-state index in [-0.39, 0.29) is 6.10 Å². The number of carbonyl (C=O) groups is 1. The van der Waals surface area contributed by atoms with Crippen LogP contribution < -0.4 is 0 Å². The topological polar surface area (TPSA) is 38.8 Å². The Morgan fingerprint density at radius 3 is 2.50 bits per heavy atom. The van der Waals surface area contributed by atoms with Gasteiger partial charge in [-0.3, -0.25) is 0 Å². The van der Waals surface area contributed by atoms with E-state index >= 15 is 0 Å². The van der Waals surface area contributed by atoms with E-state index in [1.165, 1.54) is 7.11 Å². The number of carbonyl (C=O) groups excluding carboxylic acids is 1. The molecular formula is C8H15NO3. The van der Waals surface area contributed by atoms with Crippen LogP contribution in [0.1, 0.15) is 12.8 Å². The Kier molecular flexibility index (Phi) is 3.34. The zero-order valence-corrected chi connectivity index (χ0v) is 7.58. The molecule has 4 nitrogen and oxygen atoms in total. The van der Waals surface area contributed by atoms with Crippen molar-refractivity contribution in [2.75, 3.05) is 27.2 Å². The van der Waals surface area contributed by atoms with E-state index in [1.54, 1.807) is 0 Å². The molecule has 70 valence electrons. The van der Waals surface area contributed by atoms with Crippen LogP contribution >= 0.6 is 0 Å². The van der Waals surface area contributed by atoms with Crippen molar-refractivity contribution >= 4 is 6.16 Å². The third kappa shape index (κ3) is 2.70. The van der Waals surface area contributed by atoms with Crippen LogP contribution in [0.2, 0.25) is 0 Å². The number of piperidine rings is 1. The molecule has 12 heavy (non-hydrogen) atoms. The zero-order chi connectivity index (χ0) is 8.97. The Hall–Kier alpha value is -0.770. The molecule has 0 aromatic heterocycles. The van der Waals surface area contributed by atoms with E-state index in [1.807, 2.05) is 0 Å². The monoisotopic (exact) mass is 173 g/mol. The lowest BCUT2D eigenvalue weighted by Gasteiger charge is -2.27. The van der Waals surface area contributed by atoms with E-state index in [0.717, 1.165) is 25.9 Å². The molecule has 1 fully saturated rings. The van der Waals surface area contributed by atoms with Gasteiger partial charge in [-0.2, -0.15) is 0 Å². The van der Waals surface area contributed by atoms with Crippen molar-refractivity contribution in [2.45, 2.75) is 18.9 Å². The van der Waals surface area contributed by atoms with Crippen molar-refractivity contribution in [3.05, 3.63) is 0 Å². The Morgan fingerprint density at radius 2 is 2.00 bits per heavy atom. The number of hydrogen-bond donors (Lipinski definition) is 0. The van der Waals surface area contributed by atoms with Crippen molar-refractivity contribution in [1.29, 1.82) is 0 Å². The molecule has 0 bridgehead atoms. The predicted molar refractivity (Wildman–Crippen MR) is 44.0 cm³/mol. The van der Waals surface area contributed by atoms with Gasteiger partial charge in [0.2, 0.25) is 0 Å². The van der Waals surface area contributed by atoms with Gasteiger partial charge >= 0.3 is 6.16 Å². The lowest BCUT2D eigenvalue weighted by atomic mass is 10.1. The van der Waals surface area contributed by atoms with Crippen molar-refractivity contribution in [3.63, 3.8) is 0 Å². The number of hydrogen-bond acceptors (Lipinski definition) is 4. The van der Waals surface area contributed by atoms with Gasteiger partial charge in [0, 0.05) is 13.1 Å². The Balaban J connectivity index is 2.21. The van der Waals surface area contributed by atoms with Crippen LogP contribution in [0.25, 0.3) is 0 Å². The first-order chi connectivity index (χ1) is 5.72. The summed E-state index contributed by atoms with van der Waals surface area (Å²) in [6, 6.07) is 0. The summed E-state index contributed by atoms with van der Waals surface area (Å²) in [5.74, 6) is 0. The normalized spacial score (nSPS) is 20.5. The molecule has 0 saturated carbocycles. The molecule has 0 aliphatic carbocycles. The number of nitrogens with zero attached hydrogens (tertiary/aromatic N) is 1. The minimum Gasteiger partial charge on any atom is -0.438 e. The van der Waals surface area contributed by atoms with Gasteiger partial charge in [0.05, 0.1) is 7.11 Å².